The lowest BCUT2D eigenvalue weighted by Gasteiger charge is -2.29. The van der Waals surface area contributed by atoms with Gasteiger partial charge in [0.1, 0.15) is 59.4 Å². The maximum absolute atomic E-state index is 12.0. The fraction of sp³-hybridized carbons (Fsp3) is 0.559. The van der Waals surface area contributed by atoms with Gasteiger partial charge >= 0.3 is 12.2 Å². The van der Waals surface area contributed by atoms with Gasteiger partial charge in [0.15, 0.2) is 5.69 Å². The molecular formula is C34H46N8O8. The Morgan fingerprint density at radius 1 is 0.740 bits per heavy atom. The highest BCUT2D eigenvalue weighted by Crippen LogP contribution is 2.50. The molecule has 0 aliphatic heterocycles. The Morgan fingerprint density at radius 2 is 1.20 bits per heavy atom. The third-order valence-electron chi connectivity index (χ3n) is 8.08. The van der Waals surface area contributed by atoms with Gasteiger partial charge in [-0.25, -0.2) is 9.59 Å². The van der Waals surface area contributed by atoms with E-state index in [4.69, 9.17) is 28.3 Å². The Morgan fingerprint density at radius 3 is 1.54 bits per heavy atom. The largest absolute Gasteiger partial charge is 0.444 e. The highest BCUT2D eigenvalue weighted by atomic mass is 16.6. The van der Waals surface area contributed by atoms with Gasteiger partial charge in [-0.05, 0) is 87.1 Å². The number of nitrogens with zero attached hydrogens (tertiary/aromatic N) is 6. The molecule has 3 fully saturated rings. The minimum absolute atomic E-state index is 0.160. The molecular weight excluding hydrogens is 648 g/mol. The molecule has 0 atom stereocenters. The number of ether oxygens (including phenoxy) is 2. The number of rotatable bonds is 6. The van der Waals surface area contributed by atoms with E-state index in [2.05, 4.69) is 35.8 Å². The summed E-state index contributed by atoms with van der Waals surface area (Å²) in [4.78, 5) is 25.2. The molecule has 3 aliphatic carbocycles. The number of carbonyl (C=O) groups excluding carboxylic acids is 2. The van der Waals surface area contributed by atoms with Crippen molar-refractivity contribution in [3.05, 3.63) is 72.1 Å². The number of nitrogens with one attached hydrogen (secondary N) is 2. The Kier molecular flexibility index (Phi) is 11.4. The van der Waals surface area contributed by atoms with Crippen molar-refractivity contribution in [3.63, 3.8) is 0 Å². The van der Waals surface area contributed by atoms with E-state index in [1.807, 2.05) is 54.7 Å². The van der Waals surface area contributed by atoms with Crippen molar-refractivity contribution >= 4 is 12.2 Å². The number of hydrogen-bond acceptors (Lipinski definition) is 14. The van der Waals surface area contributed by atoms with Crippen LogP contribution in [-0.4, -0.2) is 63.0 Å². The van der Waals surface area contributed by atoms with Crippen molar-refractivity contribution in [2.24, 2.45) is 0 Å². The first-order valence-electron chi connectivity index (χ1n) is 16.3. The Bertz CT molecular complexity index is 1650. The van der Waals surface area contributed by atoms with E-state index in [0.29, 0.717) is 5.69 Å². The van der Waals surface area contributed by atoms with Crippen LogP contribution in [0.1, 0.15) is 103 Å². The molecule has 50 heavy (non-hydrogen) atoms. The third-order valence-corrected chi connectivity index (χ3v) is 8.08. The van der Waals surface area contributed by atoms with Crippen LogP contribution in [0.4, 0.5) is 9.59 Å². The Balaban J connectivity index is 0.000000157. The topological polar surface area (TPSA) is 208 Å². The molecule has 3 aliphatic rings. The first-order chi connectivity index (χ1) is 23.6. The lowest BCUT2D eigenvalue weighted by Crippen LogP contribution is -2.41. The maximum Gasteiger partial charge on any atom is 0.410 e. The van der Waals surface area contributed by atoms with Crippen molar-refractivity contribution in [1.82, 2.24) is 36.2 Å². The van der Waals surface area contributed by atoms with E-state index in [1.165, 1.54) is 37.7 Å². The van der Waals surface area contributed by atoms with Crippen LogP contribution in [0.15, 0.2) is 67.4 Å². The average molecular weight is 695 g/mol. The van der Waals surface area contributed by atoms with Crippen LogP contribution < -0.4 is 10.6 Å². The van der Waals surface area contributed by atoms with Crippen molar-refractivity contribution in [2.45, 2.75) is 108 Å². The molecule has 4 aromatic heterocycles. The van der Waals surface area contributed by atoms with Crippen LogP contribution in [0.3, 0.4) is 0 Å². The van der Waals surface area contributed by atoms with Crippen LogP contribution in [0, 0.1) is 11.3 Å². The Hall–Kier alpha value is -5.17. The van der Waals surface area contributed by atoms with Gasteiger partial charge < -0.3 is 38.2 Å². The molecule has 16 heteroatoms. The summed E-state index contributed by atoms with van der Waals surface area (Å²) >= 11 is 0. The predicted molar refractivity (Wildman–Crippen MR) is 176 cm³/mol. The second-order valence-corrected chi connectivity index (χ2v) is 14.3. The summed E-state index contributed by atoms with van der Waals surface area (Å²) in [6.45, 7) is 11.1. The van der Waals surface area contributed by atoms with Gasteiger partial charge in [0.25, 0.3) is 0 Å². The minimum Gasteiger partial charge on any atom is -0.444 e. The van der Waals surface area contributed by atoms with Gasteiger partial charge in [0.2, 0.25) is 0 Å². The third kappa shape index (κ3) is 10.2. The van der Waals surface area contributed by atoms with E-state index in [1.54, 1.807) is 36.4 Å². The van der Waals surface area contributed by atoms with Crippen LogP contribution in [-0.2, 0) is 26.1 Å². The number of carbonyl (C=O) groups is 2. The average Bonchev–Trinajstić information content (AvgIpc) is 3.88. The zero-order valence-corrected chi connectivity index (χ0v) is 29.8. The summed E-state index contributed by atoms with van der Waals surface area (Å²) in [5.41, 5.74) is 1.42. The molecule has 16 nitrogen and oxygen atoms in total. The van der Waals surface area contributed by atoms with Gasteiger partial charge in [0.05, 0.1) is 16.6 Å². The minimum atomic E-state index is -0.482. The zero-order valence-electron chi connectivity index (χ0n) is 29.8. The standard InChI is InChI=1S/C12H18N2O3.C11H16N2O3.C7H10N2O.C4H2N2O/c1-11(2,3)17-10(15)14(4)12(6-7-12)9-5-8-16-13-9;1-10(2,3)16-9(14)12-11(5-6-11)8-4-7-15-13-8;1-8-7(3-4-7)6-2-5-10-9-6;5-3-4-1-2-7-6-4/h5,8H,6-7H2,1-4H3;4,7H,5-6H2,1-3H3,(H,12,14);2,5,8H,3-4H2,1H3;1-2H. The van der Waals surface area contributed by atoms with E-state index in [-0.39, 0.29) is 22.7 Å². The van der Waals surface area contributed by atoms with E-state index >= 15 is 0 Å². The normalized spacial score (nSPS) is 17.0. The second-order valence-electron chi connectivity index (χ2n) is 14.3. The molecule has 4 aromatic rings. The first kappa shape index (κ1) is 37.6. The molecule has 0 unspecified atom stereocenters. The lowest BCUT2D eigenvalue weighted by molar-refractivity contribution is 0.0182. The number of aromatic nitrogens is 4. The fourth-order valence-electron chi connectivity index (χ4n) is 4.86. The molecule has 2 N–H and O–H groups in total. The number of amides is 2. The summed E-state index contributed by atoms with van der Waals surface area (Å²) in [7, 11) is 3.71. The SMILES string of the molecule is CC(C)(C)OC(=O)NC1(c2ccon2)CC1.CN(C(=O)OC(C)(C)C)C1(c2ccon2)CC1.CNC1(c2ccon2)CC1.N#Cc1ccon1. The smallest absolute Gasteiger partial charge is 0.410 e. The van der Waals surface area contributed by atoms with Gasteiger partial charge in [-0.1, -0.05) is 20.6 Å². The number of hydrogen-bond donors (Lipinski definition) is 2. The van der Waals surface area contributed by atoms with E-state index in [0.717, 1.165) is 42.8 Å². The molecule has 270 valence electrons. The van der Waals surface area contributed by atoms with Gasteiger partial charge in [-0.2, -0.15) is 5.26 Å². The molecule has 4 heterocycles. The summed E-state index contributed by atoms with van der Waals surface area (Å²) in [6.07, 6.45) is 11.2. The second kappa shape index (κ2) is 15.2. The summed E-state index contributed by atoms with van der Waals surface area (Å²) in [5.74, 6) is 0. The number of nitriles is 1. The number of alkyl carbamates (subject to hydrolysis) is 1. The molecule has 0 aromatic carbocycles. The maximum atomic E-state index is 12.0. The molecule has 0 spiro atoms. The quantitative estimate of drug-likeness (QED) is 0.232. The summed E-state index contributed by atoms with van der Waals surface area (Å²) < 4.78 is 29.3. The molecule has 2 amide bonds. The highest BCUT2D eigenvalue weighted by Gasteiger charge is 2.53. The molecule has 0 saturated heterocycles. The van der Waals surface area contributed by atoms with Crippen molar-refractivity contribution < 1.29 is 37.2 Å². The lowest BCUT2D eigenvalue weighted by atomic mass is 10.1. The molecule has 7 rings (SSSR count). The summed E-state index contributed by atoms with van der Waals surface area (Å²) in [6, 6.07) is 8.79. The zero-order chi connectivity index (χ0) is 36.6. The van der Waals surface area contributed by atoms with Crippen molar-refractivity contribution in [3.8, 4) is 6.07 Å². The Labute approximate surface area is 290 Å². The molecule has 0 bridgehead atoms. The molecule has 0 radical (unpaired) electrons. The van der Waals surface area contributed by atoms with Crippen LogP contribution in [0.25, 0.3) is 0 Å². The van der Waals surface area contributed by atoms with Gasteiger partial charge in [-0.15, -0.1) is 0 Å². The summed E-state index contributed by atoms with van der Waals surface area (Å²) in [5, 5.41) is 29.1. The monoisotopic (exact) mass is 694 g/mol. The van der Waals surface area contributed by atoms with Crippen molar-refractivity contribution in [2.75, 3.05) is 14.1 Å². The van der Waals surface area contributed by atoms with Crippen LogP contribution >= 0.6 is 0 Å². The van der Waals surface area contributed by atoms with Gasteiger partial charge in [0, 0.05) is 31.3 Å². The predicted octanol–water partition coefficient (Wildman–Crippen LogP) is 6.15. The van der Waals surface area contributed by atoms with Gasteiger partial charge in [-0.3, -0.25) is 4.90 Å². The molecule has 3 saturated carbocycles. The van der Waals surface area contributed by atoms with Crippen LogP contribution in [0.2, 0.25) is 0 Å². The highest BCUT2D eigenvalue weighted by molar-refractivity contribution is 5.70. The van der Waals surface area contributed by atoms with Crippen molar-refractivity contribution in [1.29, 1.82) is 5.26 Å². The fourth-order valence-corrected chi connectivity index (χ4v) is 4.86. The van der Waals surface area contributed by atoms with Crippen LogP contribution in [0.5, 0.6) is 0 Å². The van der Waals surface area contributed by atoms with E-state index in [9.17, 15) is 9.59 Å². The van der Waals surface area contributed by atoms with E-state index < -0.39 is 17.3 Å². The first-order valence-corrected chi connectivity index (χ1v) is 16.3.